The molecule has 3 nitrogen and oxygen atoms in total. The predicted octanol–water partition coefficient (Wildman–Crippen LogP) is 3.61. The van der Waals surface area contributed by atoms with Crippen LogP contribution < -0.4 is 5.73 Å². The Balaban J connectivity index is 2.17. The van der Waals surface area contributed by atoms with Crippen molar-refractivity contribution in [2.75, 3.05) is 0 Å². The highest BCUT2D eigenvalue weighted by Crippen LogP contribution is 2.24. The zero-order valence-electron chi connectivity index (χ0n) is 12.4. The minimum atomic E-state index is 0.442. The van der Waals surface area contributed by atoms with Crippen molar-refractivity contribution in [3.8, 4) is 16.9 Å². The van der Waals surface area contributed by atoms with Gasteiger partial charge in [0.15, 0.2) is 0 Å². The molecule has 0 spiro atoms. The van der Waals surface area contributed by atoms with Gasteiger partial charge in [0.25, 0.3) is 0 Å². The SMILES string of the molecule is Cc1ccc(-n2nc(CN)cc2-c2ccccc2)cc1C. The van der Waals surface area contributed by atoms with Gasteiger partial charge in [-0.25, -0.2) is 4.68 Å². The Kier molecular flexibility index (Phi) is 3.59. The zero-order valence-corrected chi connectivity index (χ0v) is 12.4. The van der Waals surface area contributed by atoms with E-state index in [9.17, 15) is 0 Å². The average molecular weight is 277 g/mol. The second kappa shape index (κ2) is 5.54. The lowest BCUT2D eigenvalue weighted by Gasteiger charge is -2.09. The van der Waals surface area contributed by atoms with Crippen LogP contribution >= 0.6 is 0 Å². The van der Waals surface area contributed by atoms with Crippen LogP contribution in [0.15, 0.2) is 54.6 Å². The molecule has 0 amide bonds. The minimum Gasteiger partial charge on any atom is -0.325 e. The Morgan fingerprint density at radius 1 is 0.952 bits per heavy atom. The first-order valence-corrected chi connectivity index (χ1v) is 7.11. The molecule has 0 aliphatic carbocycles. The van der Waals surface area contributed by atoms with Crippen LogP contribution in [0.1, 0.15) is 16.8 Å². The molecule has 0 saturated heterocycles. The van der Waals surface area contributed by atoms with Gasteiger partial charge in [0.2, 0.25) is 0 Å². The number of hydrogen-bond donors (Lipinski definition) is 1. The van der Waals surface area contributed by atoms with Gasteiger partial charge in [-0.2, -0.15) is 5.10 Å². The lowest BCUT2D eigenvalue weighted by atomic mass is 10.1. The number of nitrogens with zero attached hydrogens (tertiary/aromatic N) is 2. The zero-order chi connectivity index (χ0) is 14.8. The normalized spacial score (nSPS) is 10.8. The summed E-state index contributed by atoms with van der Waals surface area (Å²) in [6.07, 6.45) is 0. The third kappa shape index (κ3) is 2.60. The Morgan fingerprint density at radius 2 is 1.71 bits per heavy atom. The van der Waals surface area contributed by atoms with Gasteiger partial charge in [-0.05, 0) is 43.2 Å². The van der Waals surface area contributed by atoms with Gasteiger partial charge in [0, 0.05) is 12.1 Å². The van der Waals surface area contributed by atoms with Gasteiger partial charge in [-0.15, -0.1) is 0 Å². The van der Waals surface area contributed by atoms with Gasteiger partial charge in [-0.3, -0.25) is 0 Å². The van der Waals surface area contributed by atoms with E-state index in [0.29, 0.717) is 6.54 Å². The highest BCUT2D eigenvalue weighted by molar-refractivity contribution is 5.63. The number of aromatic nitrogens is 2. The second-order valence-corrected chi connectivity index (χ2v) is 5.27. The van der Waals surface area contributed by atoms with Crippen molar-refractivity contribution in [2.24, 2.45) is 5.73 Å². The van der Waals surface area contributed by atoms with E-state index < -0.39 is 0 Å². The van der Waals surface area contributed by atoms with E-state index >= 15 is 0 Å². The summed E-state index contributed by atoms with van der Waals surface area (Å²) in [6.45, 7) is 4.68. The molecule has 21 heavy (non-hydrogen) atoms. The van der Waals surface area contributed by atoms with E-state index in [4.69, 9.17) is 5.73 Å². The van der Waals surface area contributed by atoms with Crippen LogP contribution in [0, 0.1) is 13.8 Å². The van der Waals surface area contributed by atoms with Crippen molar-refractivity contribution in [1.29, 1.82) is 0 Å². The Labute approximate surface area is 125 Å². The van der Waals surface area contributed by atoms with E-state index in [1.807, 2.05) is 22.9 Å². The molecule has 3 heteroatoms. The summed E-state index contributed by atoms with van der Waals surface area (Å²) in [5.41, 5.74) is 12.5. The number of rotatable bonds is 3. The molecule has 0 aliphatic heterocycles. The number of hydrogen-bond acceptors (Lipinski definition) is 2. The van der Waals surface area contributed by atoms with Crippen LogP contribution in [0.4, 0.5) is 0 Å². The summed E-state index contributed by atoms with van der Waals surface area (Å²) in [7, 11) is 0. The molecule has 0 aliphatic rings. The van der Waals surface area contributed by atoms with Crippen molar-refractivity contribution in [2.45, 2.75) is 20.4 Å². The average Bonchev–Trinajstić information content (AvgIpc) is 2.95. The monoisotopic (exact) mass is 277 g/mol. The van der Waals surface area contributed by atoms with Gasteiger partial charge in [0.05, 0.1) is 17.1 Å². The topological polar surface area (TPSA) is 43.8 Å². The molecule has 0 fully saturated rings. The van der Waals surface area contributed by atoms with Crippen LogP contribution in [-0.4, -0.2) is 9.78 Å². The Hall–Kier alpha value is -2.39. The van der Waals surface area contributed by atoms with Crippen LogP contribution in [-0.2, 0) is 6.54 Å². The number of benzene rings is 2. The summed E-state index contributed by atoms with van der Waals surface area (Å²) in [4.78, 5) is 0. The van der Waals surface area contributed by atoms with Crippen molar-refractivity contribution in [3.63, 3.8) is 0 Å². The molecule has 106 valence electrons. The molecular formula is C18H19N3. The van der Waals surface area contributed by atoms with Crippen molar-refractivity contribution >= 4 is 0 Å². The van der Waals surface area contributed by atoms with E-state index in [2.05, 4.69) is 55.3 Å². The molecular weight excluding hydrogens is 258 g/mol. The molecule has 1 aromatic heterocycles. The van der Waals surface area contributed by atoms with E-state index in [1.54, 1.807) is 0 Å². The lowest BCUT2D eigenvalue weighted by molar-refractivity contribution is 0.837. The van der Waals surface area contributed by atoms with Crippen LogP contribution in [0.25, 0.3) is 16.9 Å². The maximum absolute atomic E-state index is 5.77. The molecule has 0 unspecified atom stereocenters. The molecule has 0 radical (unpaired) electrons. The number of nitrogens with two attached hydrogens (primary N) is 1. The fraction of sp³-hybridized carbons (Fsp3) is 0.167. The first-order chi connectivity index (χ1) is 10.2. The molecule has 2 aromatic carbocycles. The Bertz CT molecular complexity index is 757. The Morgan fingerprint density at radius 3 is 2.38 bits per heavy atom. The molecule has 0 saturated carbocycles. The smallest absolute Gasteiger partial charge is 0.0771 e. The van der Waals surface area contributed by atoms with E-state index in [-0.39, 0.29) is 0 Å². The molecule has 0 bridgehead atoms. The fourth-order valence-electron chi connectivity index (χ4n) is 2.40. The van der Waals surface area contributed by atoms with E-state index in [0.717, 1.165) is 22.6 Å². The molecule has 3 rings (SSSR count). The number of aryl methyl sites for hydroxylation is 2. The highest BCUT2D eigenvalue weighted by atomic mass is 15.3. The third-order valence-electron chi connectivity index (χ3n) is 3.77. The summed E-state index contributed by atoms with van der Waals surface area (Å²) < 4.78 is 1.98. The molecule has 2 N–H and O–H groups in total. The van der Waals surface area contributed by atoms with Gasteiger partial charge in [-0.1, -0.05) is 36.4 Å². The first-order valence-electron chi connectivity index (χ1n) is 7.11. The van der Waals surface area contributed by atoms with Crippen LogP contribution in [0.2, 0.25) is 0 Å². The predicted molar refractivity (Wildman–Crippen MR) is 86.4 cm³/mol. The van der Waals surface area contributed by atoms with Gasteiger partial charge < -0.3 is 5.73 Å². The molecule has 0 atom stereocenters. The summed E-state index contributed by atoms with van der Waals surface area (Å²) in [6, 6.07) is 18.7. The largest absolute Gasteiger partial charge is 0.325 e. The highest BCUT2D eigenvalue weighted by Gasteiger charge is 2.11. The summed E-state index contributed by atoms with van der Waals surface area (Å²) >= 11 is 0. The third-order valence-corrected chi connectivity index (χ3v) is 3.77. The standard InChI is InChI=1S/C18H19N3/c1-13-8-9-17(10-14(13)2)21-18(11-16(12-19)20-21)15-6-4-3-5-7-15/h3-11H,12,19H2,1-2H3. The minimum absolute atomic E-state index is 0.442. The first kappa shape index (κ1) is 13.6. The van der Waals surface area contributed by atoms with Crippen molar-refractivity contribution < 1.29 is 0 Å². The van der Waals surface area contributed by atoms with Gasteiger partial charge >= 0.3 is 0 Å². The van der Waals surface area contributed by atoms with Gasteiger partial charge in [0.1, 0.15) is 0 Å². The summed E-state index contributed by atoms with van der Waals surface area (Å²) in [5, 5.41) is 4.64. The lowest BCUT2D eigenvalue weighted by Crippen LogP contribution is -2.02. The van der Waals surface area contributed by atoms with Crippen LogP contribution in [0.5, 0.6) is 0 Å². The quantitative estimate of drug-likeness (QED) is 0.794. The maximum atomic E-state index is 5.77. The fourth-order valence-corrected chi connectivity index (χ4v) is 2.40. The van der Waals surface area contributed by atoms with E-state index in [1.165, 1.54) is 11.1 Å². The molecule has 1 heterocycles. The second-order valence-electron chi connectivity index (χ2n) is 5.27. The summed E-state index contributed by atoms with van der Waals surface area (Å²) in [5.74, 6) is 0. The van der Waals surface area contributed by atoms with Crippen molar-refractivity contribution in [3.05, 3.63) is 71.4 Å². The van der Waals surface area contributed by atoms with Crippen LogP contribution in [0.3, 0.4) is 0 Å². The van der Waals surface area contributed by atoms with Crippen molar-refractivity contribution in [1.82, 2.24) is 9.78 Å². The maximum Gasteiger partial charge on any atom is 0.0771 e. The molecule has 3 aromatic rings.